The lowest BCUT2D eigenvalue weighted by Gasteiger charge is -2.21. The Labute approximate surface area is 678 Å². The summed E-state index contributed by atoms with van der Waals surface area (Å²) in [6.45, 7) is 2.50. The second-order valence-electron chi connectivity index (χ2n) is 30.0. The molecule has 5 atom stereocenters. The van der Waals surface area contributed by atoms with E-state index in [0.29, 0.717) is 19.3 Å². The molecule has 0 heterocycles. The number of aliphatic hydroxyl groups excluding tert-OH is 2. The minimum Gasteiger partial charge on any atom is -0.463 e. The summed E-state index contributed by atoms with van der Waals surface area (Å²) in [5.41, 5.74) is 0. The van der Waals surface area contributed by atoms with Gasteiger partial charge in [-0.05, 0) is 109 Å². The molecule has 0 aromatic carbocycles. The highest BCUT2D eigenvalue weighted by atomic mass is 31.2. The van der Waals surface area contributed by atoms with Crippen LogP contribution < -0.4 is 0 Å². The molecule has 0 aromatic rings. The zero-order valence-electron chi connectivity index (χ0n) is 70.6. The lowest BCUT2D eigenvalue weighted by molar-refractivity contribution is -0.161. The summed E-state index contributed by atoms with van der Waals surface area (Å²) in [5, 5.41) is 20.7. The molecule has 5 unspecified atom stereocenters. The van der Waals surface area contributed by atoms with Gasteiger partial charge in [0, 0.05) is 19.3 Å². The first-order valence-electron chi connectivity index (χ1n) is 44.8. The molecule has 0 radical (unpaired) electrons. The molecule has 0 fully saturated rings. The number of phosphoric acid groups is 2. The monoisotopic (exact) mass is 1600 g/mol. The van der Waals surface area contributed by atoms with Crippen molar-refractivity contribution >= 4 is 33.6 Å². The SMILES string of the molecule is CC/C=C\C/C=C\C/C=C\C/C=C\C/C=C\CCCCCCCCCCCCCCCCCCCCCC(=O)OCC(O)COP(=O)(O)OCC(O)COP(=O)(O)OCC(COC(=O)CCCCCCCCCCCCCCC/C=C\C/C=C\C/C=C\C/C=C\C/C=C\CC)OC(=O)CCCCCCCCCCCCC. The summed E-state index contributed by atoms with van der Waals surface area (Å²) in [6, 6.07) is 0. The van der Waals surface area contributed by atoms with Crippen molar-refractivity contribution in [3.8, 4) is 0 Å². The average Bonchev–Trinajstić information content (AvgIpc) is 0.898. The molecule has 0 aliphatic carbocycles. The van der Waals surface area contributed by atoms with E-state index < -0.39 is 91.5 Å². The van der Waals surface area contributed by atoms with E-state index in [2.05, 4.69) is 142 Å². The molecule has 0 rings (SSSR count). The Hall–Kier alpha value is -4.05. The topological polar surface area (TPSA) is 231 Å². The summed E-state index contributed by atoms with van der Waals surface area (Å²) in [5.74, 6) is -1.56. The van der Waals surface area contributed by atoms with Gasteiger partial charge in [0.15, 0.2) is 6.10 Å². The van der Waals surface area contributed by atoms with Crippen molar-refractivity contribution in [1.29, 1.82) is 0 Å². The summed E-state index contributed by atoms with van der Waals surface area (Å²) < 4.78 is 61.3. The van der Waals surface area contributed by atoms with Gasteiger partial charge in [0.2, 0.25) is 0 Å². The van der Waals surface area contributed by atoms with E-state index >= 15 is 0 Å². The Balaban J connectivity index is 4.31. The van der Waals surface area contributed by atoms with Gasteiger partial charge in [-0.25, -0.2) is 9.13 Å². The predicted octanol–water partition coefficient (Wildman–Crippen LogP) is 27.2. The summed E-state index contributed by atoms with van der Waals surface area (Å²) in [4.78, 5) is 58.7. The highest BCUT2D eigenvalue weighted by Gasteiger charge is 2.29. The fraction of sp³-hybridized carbons (Fsp3) is 0.753. The second kappa shape index (κ2) is 85.3. The van der Waals surface area contributed by atoms with Crippen LogP contribution in [0.4, 0.5) is 0 Å². The molecule has 0 spiro atoms. The van der Waals surface area contributed by atoms with Gasteiger partial charge < -0.3 is 34.2 Å². The molecule has 642 valence electrons. The zero-order chi connectivity index (χ0) is 80.8. The third-order valence-electron chi connectivity index (χ3n) is 19.2. The number of hydrogen-bond donors (Lipinski definition) is 4. The van der Waals surface area contributed by atoms with Crippen molar-refractivity contribution in [2.75, 3.05) is 39.6 Å². The van der Waals surface area contributed by atoms with Crippen LogP contribution >= 0.6 is 15.6 Å². The summed E-state index contributed by atoms with van der Waals surface area (Å²) in [7, 11) is -9.78. The molecular formula is C93H164O16P2. The molecule has 4 N–H and O–H groups in total. The van der Waals surface area contributed by atoms with Crippen molar-refractivity contribution < 1.29 is 75.8 Å². The number of phosphoric ester groups is 2. The summed E-state index contributed by atoms with van der Waals surface area (Å²) in [6.07, 6.45) is 104. The van der Waals surface area contributed by atoms with Crippen molar-refractivity contribution in [3.63, 3.8) is 0 Å². The molecule has 16 nitrogen and oxygen atoms in total. The standard InChI is InChI=1S/C93H164O16P2/c1-4-7-10-13-16-19-22-24-26-28-30-32-34-36-38-40-41-42-43-44-45-47-49-50-52-54-56-58-60-62-65-67-70-73-76-79-91(96)103-82-88(94)83-105-110(99,100)106-84-89(95)85-107-111(101,102)108-87-90(109-93(98)81-78-75-72-69-64-21-18-15-12-9-6-3)86-104-92(97)80-77-74-71-68-66-63-61-59-57-55-53-51-48-46-39-37-35-33-31-29-27-25-23-20-17-14-11-8-5-2/h7-8,10-11,16-17,19-20,24-27,30-33,36-39,88-90,94-95H,4-6,9,12-15,18,21-23,28-29,34-35,40-87H2,1-3H3,(H,99,100)(H,101,102)/b10-7-,11-8-,19-16-,20-17-,26-24-,27-25-,32-30-,33-31-,38-36-,39-37-. The molecule has 0 aliphatic heterocycles. The molecule has 111 heavy (non-hydrogen) atoms. The number of aliphatic hydroxyl groups is 2. The maximum atomic E-state index is 13.0. The van der Waals surface area contributed by atoms with E-state index in [1.807, 2.05) is 0 Å². The number of esters is 3. The fourth-order valence-electron chi connectivity index (χ4n) is 12.5. The Morgan fingerprint density at radius 1 is 0.261 bits per heavy atom. The Morgan fingerprint density at radius 3 is 0.757 bits per heavy atom. The van der Waals surface area contributed by atoms with Crippen molar-refractivity contribution in [1.82, 2.24) is 0 Å². The highest BCUT2D eigenvalue weighted by Crippen LogP contribution is 2.45. The van der Waals surface area contributed by atoms with E-state index in [1.54, 1.807) is 0 Å². The lowest BCUT2D eigenvalue weighted by Crippen LogP contribution is -2.30. The summed E-state index contributed by atoms with van der Waals surface area (Å²) >= 11 is 0. The Morgan fingerprint density at radius 2 is 0.477 bits per heavy atom. The van der Waals surface area contributed by atoms with Crippen LogP contribution in [0.3, 0.4) is 0 Å². The molecule has 0 aliphatic rings. The first-order chi connectivity index (χ1) is 54.2. The Kier molecular flexibility index (Phi) is 82.2. The average molecular weight is 1600 g/mol. The third-order valence-corrected chi connectivity index (χ3v) is 21.1. The molecule has 0 bridgehead atoms. The molecule has 0 amide bonds. The van der Waals surface area contributed by atoms with E-state index in [1.165, 1.54) is 199 Å². The van der Waals surface area contributed by atoms with Crippen LogP contribution in [0.25, 0.3) is 0 Å². The van der Waals surface area contributed by atoms with Gasteiger partial charge in [-0.3, -0.25) is 32.5 Å². The van der Waals surface area contributed by atoms with Gasteiger partial charge in [-0.2, -0.15) is 0 Å². The van der Waals surface area contributed by atoms with Gasteiger partial charge in [0.05, 0.1) is 26.4 Å². The molecular weight excluding hydrogens is 1430 g/mol. The molecule has 18 heteroatoms. The second-order valence-corrected chi connectivity index (χ2v) is 32.9. The molecule has 0 aromatic heterocycles. The first-order valence-corrected chi connectivity index (χ1v) is 47.8. The smallest absolute Gasteiger partial charge is 0.463 e. The third kappa shape index (κ3) is 86.6. The predicted molar refractivity (Wildman–Crippen MR) is 463 cm³/mol. The van der Waals surface area contributed by atoms with E-state index in [4.69, 9.17) is 32.3 Å². The number of ether oxygens (including phenoxy) is 3. The van der Waals surface area contributed by atoms with Crippen LogP contribution in [0, 0.1) is 0 Å². The van der Waals surface area contributed by atoms with Crippen LogP contribution in [0.5, 0.6) is 0 Å². The van der Waals surface area contributed by atoms with E-state index in [-0.39, 0.29) is 19.3 Å². The maximum absolute atomic E-state index is 13.0. The number of allylic oxidation sites excluding steroid dienone is 20. The van der Waals surface area contributed by atoms with Crippen molar-refractivity contribution in [3.05, 3.63) is 122 Å². The quantitative estimate of drug-likeness (QED) is 0.0146. The van der Waals surface area contributed by atoms with Crippen LogP contribution in [0.2, 0.25) is 0 Å². The number of carbonyl (C=O) groups is 3. The molecule has 0 saturated heterocycles. The van der Waals surface area contributed by atoms with Gasteiger partial charge in [-0.15, -0.1) is 0 Å². The van der Waals surface area contributed by atoms with Gasteiger partial charge in [-0.1, -0.05) is 386 Å². The normalized spacial score (nSPS) is 14.4. The van der Waals surface area contributed by atoms with Crippen LogP contribution in [0.1, 0.15) is 393 Å². The largest absolute Gasteiger partial charge is 0.472 e. The van der Waals surface area contributed by atoms with E-state index in [0.717, 1.165) is 135 Å². The number of unbranched alkanes of at least 4 members (excludes halogenated alkanes) is 42. The number of rotatable bonds is 85. The van der Waals surface area contributed by atoms with Crippen LogP contribution in [-0.4, -0.2) is 95.9 Å². The number of hydrogen-bond acceptors (Lipinski definition) is 14. The highest BCUT2D eigenvalue weighted by molar-refractivity contribution is 7.47. The Bertz CT molecular complexity index is 2500. The lowest BCUT2D eigenvalue weighted by atomic mass is 10.0. The van der Waals surface area contributed by atoms with Crippen molar-refractivity contribution in [2.24, 2.45) is 0 Å². The van der Waals surface area contributed by atoms with Gasteiger partial charge >= 0.3 is 33.6 Å². The van der Waals surface area contributed by atoms with Gasteiger partial charge in [0.1, 0.15) is 25.4 Å². The minimum absolute atomic E-state index is 0.108. The zero-order valence-corrected chi connectivity index (χ0v) is 72.4. The van der Waals surface area contributed by atoms with Crippen LogP contribution in [0.15, 0.2) is 122 Å². The van der Waals surface area contributed by atoms with Crippen molar-refractivity contribution in [2.45, 2.75) is 411 Å². The first kappa shape index (κ1) is 107. The molecule has 0 saturated carbocycles. The maximum Gasteiger partial charge on any atom is 0.472 e. The number of carbonyl (C=O) groups excluding carboxylic acids is 3. The van der Waals surface area contributed by atoms with Gasteiger partial charge in [0.25, 0.3) is 0 Å². The fourth-order valence-corrected chi connectivity index (χ4v) is 14.0. The van der Waals surface area contributed by atoms with Crippen LogP contribution in [-0.2, 0) is 55.8 Å². The minimum atomic E-state index is -4.93. The van der Waals surface area contributed by atoms with E-state index in [9.17, 15) is 43.5 Å².